The first-order valence-corrected chi connectivity index (χ1v) is 9.03. The average molecular weight is 419 g/mol. The molecule has 2 heterocycles. The summed E-state index contributed by atoms with van der Waals surface area (Å²) < 4.78 is 39.1. The van der Waals surface area contributed by atoms with Crippen molar-refractivity contribution in [3.63, 3.8) is 0 Å². The summed E-state index contributed by atoms with van der Waals surface area (Å²) in [6.45, 7) is 3.94. The van der Waals surface area contributed by atoms with E-state index in [1.54, 1.807) is 18.2 Å². The Morgan fingerprint density at radius 1 is 1.23 bits per heavy atom. The third kappa shape index (κ3) is 5.49. The van der Waals surface area contributed by atoms with Gasteiger partial charge in [0.2, 0.25) is 0 Å². The predicted molar refractivity (Wildman–Crippen MR) is 113 cm³/mol. The number of nitrogens with one attached hydrogen (secondary N) is 3. The maximum Gasteiger partial charge on any atom is 0.433 e. The van der Waals surface area contributed by atoms with E-state index in [9.17, 15) is 13.2 Å². The smallest absolute Gasteiger partial charge is 0.404 e. The molecule has 7 N–H and O–H groups in total. The van der Waals surface area contributed by atoms with Crippen molar-refractivity contribution in [1.29, 1.82) is 5.41 Å². The predicted octanol–water partition coefficient (Wildman–Crippen LogP) is 3.48. The fourth-order valence-corrected chi connectivity index (χ4v) is 2.59. The Balaban J connectivity index is 2.42. The van der Waals surface area contributed by atoms with Gasteiger partial charge in [-0.15, -0.1) is 0 Å². The van der Waals surface area contributed by atoms with Gasteiger partial charge in [-0.25, -0.2) is 4.98 Å². The minimum Gasteiger partial charge on any atom is -0.404 e. The Hall–Kier alpha value is -3.56. The summed E-state index contributed by atoms with van der Waals surface area (Å²) in [5.41, 5.74) is 11.5. The number of hydrogen-bond donors (Lipinski definition) is 5. The van der Waals surface area contributed by atoms with E-state index in [1.165, 1.54) is 25.5 Å². The molecule has 0 amide bonds. The lowest BCUT2D eigenvalue weighted by Gasteiger charge is -2.13. The van der Waals surface area contributed by atoms with Crippen LogP contribution in [0.2, 0.25) is 0 Å². The topological polar surface area (TPSA) is 126 Å². The molecule has 7 nitrogen and oxygen atoms in total. The minimum atomic E-state index is -4.79. The van der Waals surface area contributed by atoms with Crippen LogP contribution in [-0.2, 0) is 0 Å². The monoisotopic (exact) mass is 419 g/mol. The highest BCUT2D eigenvalue weighted by Crippen LogP contribution is 2.28. The van der Waals surface area contributed by atoms with E-state index in [0.29, 0.717) is 22.7 Å². The summed E-state index contributed by atoms with van der Waals surface area (Å²) in [5.74, 6) is 0.874. The number of pyridine rings is 2. The van der Waals surface area contributed by atoms with Crippen LogP contribution in [0.3, 0.4) is 0 Å². The fraction of sp³-hybridized carbons (Fsp3) is 0.250. The Bertz CT molecular complexity index is 1020. The van der Waals surface area contributed by atoms with Crippen molar-refractivity contribution in [3.05, 3.63) is 59.8 Å². The van der Waals surface area contributed by atoms with Crippen LogP contribution in [0.25, 0.3) is 16.6 Å². The van der Waals surface area contributed by atoms with E-state index < -0.39 is 11.9 Å². The molecule has 0 spiro atoms. The SMILES string of the molecule is CN/C=C(\C(=N)C(F)(F)F)c1cnc2ccc(N/C(N)=C/C(=C\N)C(C)C)nc2c1. The number of fused-ring (bicyclic) bond motifs is 1. The van der Waals surface area contributed by atoms with E-state index in [1.807, 2.05) is 13.8 Å². The van der Waals surface area contributed by atoms with Crippen molar-refractivity contribution in [2.24, 2.45) is 17.4 Å². The molecule has 0 aliphatic carbocycles. The molecule has 160 valence electrons. The van der Waals surface area contributed by atoms with Gasteiger partial charge in [-0.05, 0) is 42.0 Å². The molecule has 2 rings (SSSR count). The Labute approximate surface area is 172 Å². The molecule has 30 heavy (non-hydrogen) atoms. The summed E-state index contributed by atoms with van der Waals surface area (Å²) in [6.07, 6.45) is 0.736. The number of halogens is 3. The van der Waals surface area contributed by atoms with E-state index in [0.717, 1.165) is 11.8 Å². The first-order chi connectivity index (χ1) is 14.1. The van der Waals surface area contributed by atoms with Crippen molar-refractivity contribution >= 4 is 28.1 Å². The molecular formula is C20H24F3N7. The highest BCUT2D eigenvalue weighted by molar-refractivity contribution is 6.25. The van der Waals surface area contributed by atoms with Crippen LogP contribution in [-0.4, -0.2) is 28.9 Å². The molecule has 0 atom stereocenters. The zero-order valence-electron chi connectivity index (χ0n) is 16.8. The maximum atomic E-state index is 13.0. The van der Waals surface area contributed by atoms with E-state index >= 15 is 0 Å². The zero-order valence-corrected chi connectivity index (χ0v) is 16.8. The van der Waals surface area contributed by atoms with E-state index in [4.69, 9.17) is 16.9 Å². The second-order valence-electron chi connectivity index (χ2n) is 6.72. The standard InChI is InChI=1S/C20H24F3N7/c1-11(2)12(8-24)7-17(25)30-18-5-4-15-16(29-18)6-13(9-28-15)14(10-27-3)19(26)20(21,22)23/h4-11,26-27H,24-25H2,1-3H3,(H,29,30)/b12-8+,14-10-,17-7+,26-19?. The van der Waals surface area contributed by atoms with Gasteiger partial charge >= 0.3 is 6.18 Å². The number of rotatable bonds is 7. The summed E-state index contributed by atoms with van der Waals surface area (Å²) in [6, 6.07) is 4.76. The molecule has 2 aromatic rings. The molecule has 10 heteroatoms. The zero-order chi connectivity index (χ0) is 22.5. The number of aromatic nitrogens is 2. The van der Waals surface area contributed by atoms with Gasteiger partial charge in [0, 0.05) is 30.6 Å². The molecule has 0 aliphatic heterocycles. The molecule has 0 saturated carbocycles. The first-order valence-electron chi connectivity index (χ1n) is 9.03. The minimum absolute atomic E-state index is 0.112. The number of anilines is 1. The van der Waals surface area contributed by atoms with Crippen LogP contribution in [0.1, 0.15) is 19.4 Å². The third-order valence-electron chi connectivity index (χ3n) is 4.14. The second kappa shape index (κ2) is 9.29. The molecular weight excluding hydrogens is 395 g/mol. The van der Waals surface area contributed by atoms with Crippen molar-refractivity contribution in [1.82, 2.24) is 15.3 Å². The normalized spacial score (nSPS) is 13.6. The van der Waals surface area contributed by atoms with Crippen LogP contribution in [0.5, 0.6) is 0 Å². The summed E-state index contributed by atoms with van der Waals surface area (Å²) in [4.78, 5) is 8.53. The van der Waals surface area contributed by atoms with Gasteiger partial charge in [0.05, 0.1) is 11.0 Å². The van der Waals surface area contributed by atoms with E-state index in [-0.39, 0.29) is 17.1 Å². The van der Waals surface area contributed by atoms with Gasteiger partial charge in [0.1, 0.15) is 17.4 Å². The number of allylic oxidation sites excluding steroid dienone is 3. The van der Waals surface area contributed by atoms with Crippen molar-refractivity contribution in [2.45, 2.75) is 20.0 Å². The van der Waals surface area contributed by atoms with Crippen molar-refractivity contribution in [3.8, 4) is 0 Å². The van der Waals surface area contributed by atoms with Crippen LogP contribution in [0, 0.1) is 11.3 Å². The van der Waals surface area contributed by atoms with Crippen LogP contribution >= 0.6 is 0 Å². The van der Waals surface area contributed by atoms with Gasteiger partial charge in [0.25, 0.3) is 0 Å². The molecule has 0 radical (unpaired) electrons. The van der Waals surface area contributed by atoms with Gasteiger partial charge in [-0.2, -0.15) is 13.2 Å². The number of nitrogens with two attached hydrogens (primary N) is 2. The lowest BCUT2D eigenvalue weighted by Crippen LogP contribution is -2.24. The molecule has 0 unspecified atom stereocenters. The largest absolute Gasteiger partial charge is 0.433 e. The van der Waals surface area contributed by atoms with E-state index in [2.05, 4.69) is 20.6 Å². The maximum absolute atomic E-state index is 13.0. The molecule has 0 saturated heterocycles. The van der Waals surface area contributed by atoms with Gasteiger partial charge in [-0.1, -0.05) is 13.8 Å². The molecule has 2 aromatic heterocycles. The Kier molecular flexibility index (Phi) is 7.04. The summed E-state index contributed by atoms with van der Waals surface area (Å²) >= 11 is 0. The number of alkyl halides is 3. The highest BCUT2D eigenvalue weighted by atomic mass is 19.4. The van der Waals surface area contributed by atoms with Gasteiger partial charge in [0.15, 0.2) is 0 Å². The quantitative estimate of drug-likeness (QED) is 0.346. The summed E-state index contributed by atoms with van der Waals surface area (Å²) in [7, 11) is 1.45. The lowest BCUT2D eigenvalue weighted by atomic mass is 10.0. The molecule has 0 aliphatic rings. The third-order valence-corrected chi connectivity index (χ3v) is 4.14. The van der Waals surface area contributed by atoms with Crippen molar-refractivity contribution < 1.29 is 13.2 Å². The van der Waals surface area contributed by atoms with Crippen molar-refractivity contribution in [2.75, 3.05) is 12.4 Å². The molecule has 0 fully saturated rings. The summed E-state index contributed by atoms with van der Waals surface area (Å²) in [5, 5.41) is 12.9. The fourth-order valence-electron chi connectivity index (χ4n) is 2.59. The Morgan fingerprint density at radius 3 is 2.50 bits per heavy atom. The van der Waals surface area contributed by atoms with Gasteiger partial charge in [-0.3, -0.25) is 10.4 Å². The van der Waals surface area contributed by atoms with Crippen LogP contribution in [0.4, 0.5) is 19.0 Å². The van der Waals surface area contributed by atoms with Crippen LogP contribution in [0.15, 0.2) is 54.3 Å². The van der Waals surface area contributed by atoms with Crippen LogP contribution < -0.4 is 22.1 Å². The molecule has 0 bridgehead atoms. The Morgan fingerprint density at radius 2 is 1.93 bits per heavy atom. The lowest BCUT2D eigenvalue weighted by molar-refractivity contribution is -0.0578. The first kappa shape index (κ1) is 22.7. The average Bonchev–Trinajstić information content (AvgIpc) is 2.68. The molecule has 0 aromatic carbocycles. The number of hydrogen-bond acceptors (Lipinski definition) is 7. The van der Waals surface area contributed by atoms with Gasteiger partial charge < -0.3 is 22.1 Å². The second-order valence-corrected chi connectivity index (χ2v) is 6.72. The highest BCUT2D eigenvalue weighted by Gasteiger charge is 2.37. The number of nitrogens with zero attached hydrogens (tertiary/aromatic N) is 2.